The fourth-order valence-corrected chi connectivity index (χ4v) is 5.02. The van der Waals surface area contributed by atoms with Gasteiger partial charge < -0.3 is 20.1 Å². The van der Waals surface area contributed by atoms with E-state index in [9.17, 15) is 23.1 Å². The van der Waals surface area contributed by atoms with Gasteiger partial charge in [-0.3, -0.25) is 4.79 Å². The third-order valence-corrected chi connectivity index (χ3v) is 7.19. The van der Waals surface area contributed by atoms with Crippen molar-refractivity contribution in [2.24, 2.45) is 0 Å². The van der Waals surface area contributed by atoms with E-state index in [4.69, 9.17) is 4.74 Å². The second-order valence-corrected chi connectivity index (χ2v) is 13.7. The Morgan fingerprint density at radius 2 is 1.53 bits per heavy atom. The Kier molecular flexibility index (Phi) is 11.0. The SMILES string of the molecule is CC(C)Nc1cc(-c2ccc(CCN(C(=O)OC(C)(C)C)[C@@H](C)[C@H](O)c3ccccc3)cc2)ccc1C(=O)NS(C)(=O)=O. The van der Waals surface area contributed by atoms with E-state index in [2.05, 4.69) is 5.32 Å². The van der Waals surface area contributed by atoms with Crippen LogP contribution in [0.5, 0.6) is 0 Å². The lowest BCUT2D eigenvalue weighted by molar-refractivity contribution is -0.00239. The van der Waals surface area contributed by atoms with Gasteiger partial charge in [0.2, 0.25) is 10.0 Å². The van der Waals surface area contributed by atoms with Crippen LogP contribution in [-0.2, 0) is 21.2 Å². The molecule has 43 heavy (non-hydrogen) atoms. The normalized spacial score (nSPS) is 13.2. The number of nitrogens with zero attached hydrogens (tertiary/aromatic N) is 1. The van der Waals surface area contributed by atoms with Crippen LogP contribution < -0.4 is 10.0 Å². The minimum absolute atomic E-state index is 0.0122. The van der Waals surface area contributed by atoms with Gasteiger partial charge in [-0.05, 0) is 82.3 Å². The molecule has 0 aliphatic heterocycles. The van der Waals surface area contributed by atoms with E-state index in [1.165, 1.54) is 0 Å². The summed E-state index contributed by atoms with van der Waals surface area (Å²) in [6.07, 6.45) is 0.106. The van der Waals surface area contributed by atoms with Crippen molar-refractivity contribution in [2.75, 3.05) is 18.1 Å². The van der Waals surface area contributed by atoms with Crippen LogP contribution in [0.15, 0.2) is 72.8 Å². The van der Waals surface area contributed by atoms with Crippen LogP contribution in [0.3, 0.4) is 0 Å². The average molecular weight is 610 g/mol. The molecule has 0 unspecified atom stereocenters. The standard InChI is InChI=1S/C33H43N3O6S/c1-22(2)34-29-21-27(17-18-28(29)31(38)35-43(7,40)41)25-15-13-24(14-16-25)19-20-36(32(39)42-33(4,5)6)23(3)30(37)26-11-9-8-10-12-26/h8-18,21-23,30,34,37H,19-20H2,1-7H3,(H,35,38)/t23-,30-/m0/s1. The van der Waals surface area contributed by atoms with Crippen molar-refractivity contribution in [2.45, 2.75) is 71.8 Å². The van der Waals surface area contributed by atoms with Crippen LogP contribution >= 0.6 is 0 Å². The molecule has 0 radical (unpaired) electrons. The predicted molar refractivity (Wildman–Crippen MR) is 170 cm³/mol. The topological polar surface area (TPSA) is 125 Å². The number of carbonyl (C=O) groups is 2. The number of ether oxygens (including phenoxy) is 1. The monoisotopic (exact) mass is 609 g/mol. The van der Waals surface area contributed by atoms with E-state index >= 15 is 0 Å². The molecule has 0 saturated heterocycles. The molecule has 0 bridgehead atoms. The summed E-state index contributed by atoms with van der Waals surface area (Å²) in [7, 11) is -3.71. The van der Waals surface area contributed by atoms with Crippen LogP contribution in [0.1, 0.15) is 69.1 Å². The van der Waals surface area contributed by atoms with Crippen molar-refractivity contribution in [3.63, 3.8) is 0 Å². The maximum Gasteiger partial charge on any atom is 0.410 e. The summed E-state index contributed by atoms with van der Waals surface area (Å²) in [6.45, 7) is 11.5. The zero-order chi connectivity index (χ0) is 31.9. The van der Waals surface area contributed by atoms with E-state index in [1.807, 2.05) is 107 Å². The molecule has 0 saturated carbocycles. The van der Waals surface area contributed by atoms with Gasteiger partial charge >= 0.3 is 6.09 Å². The van der Waals surface area contributed by atoms with Crippen molar-refractivity contribution < 1.29 is 27.9 Å². The zero-order valence-electron chi connectivity index (χ0n) is 25.9. The molecule has 0 aromatic heterocycles. The maximum atomic E-state index is 13.2. The molecule has 0 aliphatic rings. The first kappa shape index (κ1) is 33.6. The third-order valence-electron chi connectivity index (χ3n) is 6.63. The summed E-state index contributed by atoms with van der Waals surface area (Å²) >= 11 is 0. The van der Waals surface area contributed by atoms with Gasteiger partial charge in [-0.1, -0.05) is 60.7 Å². The quantitative estimate of drug-likeness (QED) is 0.252. The highest BCUT2D eigenvalue weighted by Crippen LogP contribution is 2.28. The first-order chi connectivity index (χ1) is 20.0. The highest BCUT2D eigenvalue weighted by Gasteiger charge is 2.30. The summed E-state index contributed by atoms with van der Waals surface area (Å²) in [5.74, 6) is -0.700. The molecule has 10 heteroatoms. The first-order valence-electron chi connectivity index (χ1n) is 14.3. The van der Waals surface area contributed by atoms with Crippen LogP contribution in [0.4, 0.5) is 10.5 Å². The van der Waals surface area contributed by atoms with E-state index in [1.54, 1.807) is 17.0 Å². The van der Waals surface area contributed by atoms with Crippen LogP contribution in [0.2, 0.25) is 0 Å². The molecular formula is C33H43N3O6S. The number of sulfonamides is 1. The number of rotatable bonds is 11. The zero-order valence-corrected chi connectivity index (χ0v) is 26.7. The average Bonchev–Trinajstić information content (AvgIpc) is 2.91. The fraction of sp³-hybridized carbons (Fsp3) is 0.394. The molecule has 2 atom stereocenters. The predicted octanol–water partition coefficient (Wildman–Crippen LogP) is 5.77. The maximum absolute atomic E-state index is 13.2. The van der Waals surface area contributed by atoms with E-state index in [0.717, 1.165) is 28.5 Å². The Morgan fingerprint density at radius 3 is 2.09 bits per heavy atom. The van der Waals surface area contributed by atoms with Gasteiger partial charge in [0.25, 0.3) is 5.91 Å². The molecule has 0 heterocycles. The van der Waals surface area contributed by atoms with Crippen molar-refractivity contribution >= 4 is 27.7 Å². The third kappa shape index (κ3) is 10.1. The number of carbonyl (C=O) groups excluding carboxylic acids is 2. The van der Waals surface area contributed by atoms with Gasteiger partial charge in [0.05, 0.1) is 24.0 Å². The lowest BCUT2D eigenvalue weighted by atomic mass is 9.99. The highest BCUT2D eigenvalue weighted by molar-refractivity contribution is 7.89. The van der Waals surface area contributed by atoms with Crippen molar-refractivity contribution in [3.05, 3.63) is 89.5 Å². The lowest BCUT2D eigenvalue weighted by Gasteiger charge is -2.34. The van der Waals surface area contributed by atoms with Gasteiger partial charge in [-0.25, -0.2) is 17.9 Å². The molecule has 0 aliphatic carbocycles. The summed E-state index contributed by atoms with van der Waals surface area (Å²) in [4.78, 5) is 27.3. The molecule has 0 fully saturated rings. The molecule has 3 N–H and O–H groups in total. The van der Waals surface area contributed by atoms with Crippen LogP contribution in [0, 0.1) is 0 Å². The molecule has 3 aromatic rings. The Bertz CT molecular complexity index is 1500. The summed E-state index contributed by atoms with van der Waals surface area (Å²) in [6, 6.07) is 21.8. The van der Waals surface area contributed by atoms with Crippen molar-refractivity contribution in [1.29, 1.82) is 0 Å². The van der Waals surface area contributed by atoms with Gasteiger partial charge in [0.15, 0.2) is 0 Å². The molecule has 2 amide bonds. The molecule has 3 aromatic carbocycles. The Hall–Kier alpha value is -3.89. The molecule has 9 nitrogen and oxygen atoms in total. The van der Waals surface area contributed by atoms with Gasteiger partial charge in [0.1, 0.15) is 5.60 Å². The van der Waals surface area contributed by atoms with E-state index < -0.39 is 39.8 Å². The summed E-state index contributed by atoms with van der Waals surface area (Å²) < 4.78 is 30.9. The Labute approximate surface area is 255 Å². The van der Waals surface area contributed by atoms with Crippen LogP contribution in [0.25, 0.3) is 11.1 Å². The number of nitrogens with one attached hydrogen (secondary N) is 2. The van der Waals surface area contributed by atoms with Gasteiger partial charge in [0, 0.05) is 18.3 Å². The number of benzene rings is 3. The highest BCUT2D eigenvalue weighted by atomic mass is 32.2. The van der Waals surface area contributed by atoms with Crippen molar-refractivity contribution in [1.82, 2.24) is 9.62 Å². The molecule has 232 valence electrons. The number of aliphatic hydroxyl groups is 1. The number of hydrogen-bond acceptors (Lipinski definition) is 7. The van der Waals surface area contributed by atoms with Gasteiger partial charge in [-0.15, -0.1) is 0 Å². The summed E-state index contributed by atoms with van der Waals surface area (Å²) in [5, 5.41) is 14.3. The number of anilines is 1. The fourth-order valence-electron chi connectivity index (χ4n) is 4.57. The molecular weight excluding hydrogens is 566 g/mol. The lowest BCUT2D eigenvalue weighted by Crippen LogP contribution is -2.45. The molecule has 3 rings (SSSR count). The number of amides is 2. The number of hydrogen-bond donors (Lipinski definition) is 3. The van der Waals surface area contributed by atoms with Gasteiger partial charge in [-0.2, -0.15) is 0 Å². The second-order valence-electron chi connectivity index (χ2n) is 12.0. The van der Waals surface area contributed by atoms with E-state index in [-0.39, 0.29) is 11.6 Å². The molecule has 0 spiro atoms. The minimum atomic E-state index is -3.71. The Balaban J connectivity index is 1.81. The minimum Gasteiger partial charge on any atom is -0.444 e. The van der Waals surface area contributed by atoms with E-state index in [0.29, 0.717) is 18.7 Å². The van der Waals surface area contributed by atoms with Crippen LogP contribution in [-0.4, -0.2) is 60.9 Å². The largest absolute Gasteiger partial charge is 0.444 e. The first-order valence-corrected chi connectivity index (χ1v) is 16.2. The van der Waals surface area contributed by atoms with Crippen molar-refractivity contribution in [3.8, 4) is 11.1 Å². The second kappa shape index (κ2) is 14.1. The smallest absolute Gasteiger partial charge is 0.410 e. The summed E-state index contributed by atoms with van der Waals surface area (Å²) in [5.41, 5.74) is 3.54. The number of aliphatic hydroxyl groups excluding tert-OH is 1. The Morgan fingerprint density at radius 1 is 0.930 bits per heavy atom.